The topological polar surface area (TPSA) is 52.3 Å². The van der Waals surface area contributed by atoms with Gasteiger partial charge in [-0.25, -0.2) is 4.79 Å². The molecule has 3 nitrogen and oxygen atoms in total. The van der Waals surface area contributed by atoms with E-state index in [1.54, 1.807) is 31.2 Å². The molecule has 1 atom stereocenters. The molecule has 0 aliphatic rings. The van der Waals surface area contributed by atoms with Crippen LogP contribution in [0.25, 0.3) is 0 Å². The van der Waals surface area contributed by atoms with Crippen molar-refractivity contribution in [3.63, 3.8) is 0 Å². The molecule has 0 bridgehead atoms. The Bertz CT molecular complexity index is 462. The number of ether oxygens (including phenoxy) is 1. The van der Waals surface area contributed by atoms with Gasteiger partial charge in [0.2, 0.25) is 0 Å². The van der Waals surface area contributed by atoms with Crippen molar-refractivity contribution in [2.75, 3.05) is 6.61 Å². The zero-order chi connectivity index (χ0) is 13.8. The highest BCUT2D eigenvalue weighted by Gasteiger charge is 2.36. The van der Waals surface area contributed by atoms with E-state index in [2.05, 4.69) is 6.58 Å². The van der Waals surface area contributed by atoms with Crippen LogP contribution in [0.3, 0.4) is 0 Å². The van der Waals surface area contributed by atoms with Crippen LogP contribution in [0.5, 0.6) is 0 Å². The fraction of sp³-hybridized carbons (Fsp3) is 0.308. The Kier molecular flexibility index (Phi) is 5.20. The Hall–Kier alpha value is -1.03. The second kappa shape index (κ2) is 6.23. The van der Waals surface area contributed by atoms with E-state index in [0.717, 1.165) is 0 Å². The zero-order valence-corrected chi connectivity index (χ0v) is 11.6. The molecule has 0 aliphatic heterocycles. The van der Waals surface area contributed by atoms with Crippen molar-refractivity contribution in [2.45, 2.75) is 18.9 Å². The highest BCUT2D eigenvalue weighted by atomic mass is 35.5. The quantitative estimate of drug-likeness (QED) is 0.668. The third kappa shape index (κ3) is 3.05. The largest absolute Gasteiger partial charge is 0.464 e. The number of esters is 1. The van der Waals surface area contributed by atoms with E-state index in [1.165, 1.54) is 0 Å². The van der Waals surface area contributed by atoms with Gasteiger partial charge in [-0.3, -0.25) is 0 Å². The Balaban J connectivity index is 3.21. The zero-order valence-electron chi connectivity index (χ0n) is 10.1. The number of rotatable bonds is 5. The fourth-order valence-corrected chi connectivity index (χ4v) is 1.88. The first-order valence-corrected chi connectivity index (χ1v) is 6.23. The summed E-state index contributed by atoms with van der Waals surface area (Å²) in [6, 6.07) is 4.84. The van der Waals surface area contributed by atoms with Crippen LogP contribution in [-0.2, 0) is 15.1 Å². The minimum Gasteiger partial charge on any atom is -0.464 e. The van der Waals surface area contributed by atoms with Crippen molar-refractivity contribution in [2.24, 2.45) is 5.73 Å². The molecule has 0 saturated carbocycles. The molecule has 2 N–H and O–H groups in total. The highest BCUT2D eigenvalue weighted by Crippen LogP contribution is 2.30. The smallest absolute Gasteiger partial charge is 0.331 e. The standard InChI is InChI=1S/C13H15Cl2NO2/c1-3-7-13(16,12(17)18-4-2)9-5-6-10(14)11(15)8-9/h3,5-6,8H,1,4,7,16H2,2H3. The predicted molar refractivity (Wildman–Crippen MR) is 73.8 cm³/mol. The molecular formula is C13H15Cl2NO2. The van der Waals surface area contributed by atoms with Gasteiger partial charge in [-0.1, -0.05) is 35.3 Å². The molecule has 0 spiro atoms. The molecule has 0 saturated heterocycles. The fourth-order valence-electron chi connectivity index (χ4n) is 1.58. The van der Waals surface area contributed by atoms with Gasteiger partial charge >= 0.3 is 5.97 Å². The maximum absolute atomic E-state index is 12.0. The van der Waals surface area contributed by atoms with E-state index < -0.39 is 11.5 Å². The van der Waals surface area contributed by atoms with E-state index in [9.17, 15) is 4.79 Å². The summed E-state index contributed by atoms with van der Waals surface area (Å²) in [4.78, 5) is 12.0. The predicted octanol–water partition coefficient (Wildman–Crippen LogP) is 3.29. The summed E-state index contributed by atoms with van der Waals surface area (Å²) in [5, 5.41) is 0.752. The SMILES string of the molecule is C=CCC(N)(C(=O)OCC)c1ccc(Cl)c(Cl)c1. The van der Waals surface area contributed by atoms with Crippen LogP contribution in [-0.4, -0.2) is 12.6 Å². The minimum atomic E-state index is -1.29. The lowest BCUT2D eigenvalue weighted by molar-refractivity contribution is -0.150. The summed E-state index contributed by atoms with van der Waals surface area (Å²) in [5.41, 5.74) is 5.40. The number of benzene rings is 1. The molecule has 0 heterocycles. The molecule has 0 aliphatic carbocycles. The van der Waals surface area contributed by atoms with Gasteiger partial charge in [-0.15, -0.1) is 6.58 Å². The minimum absolute atomic E-state index is 0.254. The van der Waals surface area contributed by atoms with Gasteiger partial charge in [0.05, 0.1) is 16.7 Å². The van der Waals surface area contributed by atoms with Crippen molar-refractivity contribution in [3.8, 4) is 0 Å². The van der Waals surface area contributed by atoms with Gasteiger partial charge in [0.15, 0.2) is 0 Å². The van der Waals surface area contributed by atoms with Crippen LogP contribution < -0.4 is 5.73 Å². The van der Waals surface area contributed by atoms with E-state index >= 15 is 0 Å². The normalized spacial score (nSPS) is 13.8. The summed E-state index contributed by atoms with van der Waals surface area (Å²) in [6.07, 6.45) is 1.82. The third-order valence-electron chi connectivity index (χ3n) is 2.54. The highest BCUT2D eigenvalue weighted by molar-refractivity contribution is 6.42. The summed E-state index contributed by atoms with van der Waals surface area (Å²) >= 11 is 11.8. The molecule has 0 fully saturated rings. The van der Waals surface area contributed by atoms with Gasteiger partial charge in [-0.05, 0) is 31.0 Å². The number of carbonyl (C=O) groups is 1. The summed E-state index contributed by atoms with van der Waals surface area (Å²) in [7, 11) is 0. The lowest BCUT2D eigenvalue weighted by atomic mass is 9.87. The third-order valence-corrected chi connectivity index (χ3v) is 3.28. The number of carbonyl (C=O) groups excluding carboxylic acids is 1. The average Bonchev–Trinajstić information content (AvgIpc) is 2.33. The molecule has 1 aromatic rings. The maximum atomic E-state index is 12.0. The van der Waals surface area contributed by atoms with Crippen molar-refractivity contribution in [1.82, 2.24) is 0 Å². The molecule has 1 rings (SSSR count). The molecular weight excluding hydrogens is 273 g/mol. The molecule has 1 aromatic carbocycles. The molecule has 0 amide bonds. The Morgan fingerprint density at radius 3 is 2.67 bits per heavy atom. The van der Waals surface area contributed by atoms with Crippen LogP contribution in [0, 0.1) is 0 Å². The number of nitrogens with two attached hydrogens (primary N) is 1. The number of hydrogen-bond acceptors (Lipinski definition) is 3. The van der Waals surface area contributed by atoms with Crippen molar-refractivity contribution < 1.29 is 9.53 Å². The summed E-state index contributed by atoms with van der Waals surface area (Å²) < 4.78 is 5.00. The van der Waals surface area contributed by atoms with Gasteiger partial charge < -0.3 is 10.5 Å². The first-order chi connectivity index (χ1) is 8.45. The maximum Gasteiger partial charge on any atom is 0.331 e. The summed E-state index contributed by atoms with van der Waals surface area (Å²) in [5.74, 6) is -0.511. The van der Waals surface area contributed by atoms with Gasteiger partial charge in [0.1, 0.15) is 5.54 Å². The monoisotopic (exact) mass is 287 g/mol. The van der Waals surface area contributed by atoms with Crippen molar-refractivity contribution in [3.05, 3.63) is 46.5 Å². The molecule has 0 aromatic heterocycles. The van der Waals surface area contributed by atoms with E-state index in [4.69, 9.17) is 33.7 Å². The van der Waals surface area contributed by atoms with Gasteiger partial charge in [0.25, 0.3) is 0 Å². The Morgan fingerprint density at radius 1 is 1.50 bits per heavy atom. The van der Waals surface area contributed by atoms with Crippen LogP contribution >= 0.6 is 23.2 Å². The Morgan fingerprint density at radius 2 is 2.17 bits per heavy atom. The second-order valence-corrected chi connectivity index (χ2v) is 4.63. The van der Waals surface area contributed by atoms with Crippen LogP contribution in [0.2, 0.25) is 10.0 Å². The van der Waals surface area contributed by atoms with Crippen LogP contribution in [0.1, 0.15) is 18.9 Å². The lowest BCUT2D eigenvalue weighted by Gasteiger charge is -2.26. The van der Waals surface area contributed by atoms with Gasteiger partial charge in [0, 0.05) is 0 Å². The Labute approximate surface area is 117 Å². The van der Waals surface area contributed by atoms with E-state index in [-0.39, 0.29) is 13.0 Å². The first kappa shape index (κ1) is 15.0. The first-order valence-electron chi connectivity index (χ1n) is 5.48. The number of halogens is 2. The average molecular weight is 288 g/mol. The molecule has 0 radical (unpaired) electrons. The lowest BCUT2D eigenvalue weighted by Crippen LogP contribution is -2.45. The molecule has 18 heavy (non-hydrogen) atoms. The van der Waals surface area contributed by atoms with E-state index in [1.807, 2.05) is 0 Å². The summed E-state index contributed by atoms with van der Waals surface area (Å²) in [6.45, 7) is 5.59. The second-order valence-electron chi connectivity index (χ2n) is 3.81. The van der Waals surface area contributed by atoms with Crippen molar-refractivity contribution in [1.29, 1.82) is 0 Å². The molecule has 98 valence electrons. The van der Waals surface area contributed by atoms with E-state index in [0.29, 0.717) is 15.6 Å². The molecule has 1 unspecified atom stereocenters. The van der Waals surface area contributed by atoms with Crippen LogP contribution in [0.4, 0.5) is 0 Å². The van der Waals surface area contributed by atoms with Crippen molar-refractivity contribution >= 4 is 29.2 Å². The number of hydrogen-bond donors (Lipinski definition) is 1. The van der Waals surface area contributed by atoms with Crippen LogP contribution in [0.15, 0.2) is 30.9 Å². The molecule has 5 heteroatoms. The van der Waals surface area contributed by atoms with Gasteiger partial charge in [-0.2, -0.15) is 0 Å².